The zero-order valence-electron chi connectivity index (χ0n) is 12.0. The minimum Gasteiger partial charge on any atom is -0.744 e. The summed E-state index contributed by atoms with van der Waals surface area (Å²) in [6.07, 6.45) is 0. The van der Waals surface area contributed by atoms with Gasteiger partial charge in [0.1, 0.15) is 10.1 Å². The Bertz CT molecular complexity index is 896. The van der Waals surface area contributed by atoms with E-state index in [1.165, 1.54) is 12.1 Å². The first-order valence-electron chi connectivity index (χ1n) is 6.34. The molecule has 22 heavy (non-hydrogen) atoms. The number of fused-ring (bicyclic) bond motifs is 1. The molecule has 0 atom stereocenters. The number of para-hydroxylation sites is 1. The summed E-state index contributed by atoms with van der Waals surface area (Å²) in [4.78, 5) is -0.216. The van der Waals surface area contributed by atoms with Crippen LogP contribution in [0, 0.1) is 0 Å². The largest absolute Gasteiger partial charge is 1.00 e. The summed E-state index contributed by atoms with van der Waals surface area (Å²) in [5.41, 5.74) is 1.76. The number of hydrogen-bond acceptors (Lipinski definition) is 4. The van der Waals surface area contributed by atoms with Crippen LogP contribution in [0.1, 0.15) is 0 Å². The predicted octanol–water partition coefficient (Wildman–Crippen LogP) is 0.491. The summed E-state index contributed by atoms with van der Waals surface area (Å²) in [7, 11) is -4.44. The summed E-state index contributed by atoms with van der Waals surface area (Å²) < 4.78 is 33.2. The van der Waals surface area contributed by atoms with Gasteiger partial charge in [-0.3, -0.25) is 0 Å². The summed E-state index contributed by atoms with van der Waals surface area (Å²) in [5, 5.41) is 4.80. The quantitative estimate of drug-likeness (QED) is 0.563. The second kappa shape index (κ2) is 6.81. The van der Waals surface area contributed by atoms with Crippen LogP contribution in [0.2, 0.25) is 0 Å². The molecule has 1 N–H and O–H groups in total. The molecule has 3 aromatic rings. The Balaban J connectivity index is 0.00000176. The first-order chi connectivity index (χ1) is 10.0. The van der Waals surface area contributed by atoms with Crippen molar-refractivity contribution in [3.05, 3.63) is 66.7 Å². The van der Waals surface area contributed by atoms with Crippen LogP contribution >= 0.6 is 0 Å². The van der Waals surface area contributed by atoms with E-state index in [-0.39, 0.29) is 34.5 Å². The maximum Gasteiger partial charge on any atom is 1.00 e. The molecule has 0 radical (unpaired) electrons. The number of anilines is 2. The summed E-state index contributed by atoms with van der Waals surface area (Å²) in [6, 6.07) is 19.6. The zero-order valence-corrected chi connectivity index (χ0v) is 14.8. The van der Waals surface area contributed by atoms with E-state index in [1.807, 2.05) is 48.5 Å². The fourth-order valence-corrected chi connectivity index (χ4v) is 2.65. The molecule has 0 aliphatic rings. The van der Waals surface area contributed by atoms with Gasteiger partial charge < -0.3 is 9.87 Å². The Labute approximate surface area is 151 Å². The van der Waals surface area contributed by atoms with Gasteiger partial charge in [-0.15, -0.1) is 0 Å². The van der Waals surface area contributed by atoms with E-state index in [4.69, 9.17) is 0 Å². The van der Waals surface area contributed by atoms with Gasteiger partial charge in [0, 0.05) is 11.4 Å². The van der Waals surface area contributed by atoms with E-state index in [0.29, 0.717) is 5.39 Å². The van der Waals surface area contributed by atoms with Crippen LogP contribution in [-0.2, 0) is 10.1 Å². The molecular weight excluding hydrogens is 309 g/mol. The summed E-state index contributed by atoms with van der Waals surface area (Å²) in [6.45, 7) is 0. The van der Waals surface area contributed by atoms with E-state index < -0.39 is 10.1 Å². The average Bonchev–Trinajstić information content (AvgIpc) is 2.46. The van der Waals surface area contributed by atoms with Gasteiger partial charge in [0.2, 0.25) is 0 Å². The molecule has 3 rings (SSSR count). The van der Waals surface area contributed by atoms with Crippen LogP contribution in [0.25, 0.3) is 10.8 Å². The van der Waals surface area contributed by atoms with E-state index in [9.17, 15) is 13.0 Å². The van der Waals surface area contributed by atoms with Crippen molar-refractivity contribution in [3.8, 4) is 0 Å². The van der Waals surface area contributed by atoms with Crippen molar-refractivity contribution in [2.75, 3.05) is 5.32 Å². The Morgan fingerprint density at radius 2 is 1.45 bits per heavy atom. The van der Waals surface area contributed by atoms with E-state index in [2.05, 4.69) is 5.32 Å². The predicted molar refractivity (Wildman–Crippen MR) is 81.6 cm³/mol. The number of nitrogens with one attached hydrogen (secondary N) is 1. The molecule has 0 bridgehead atoms. The first kappa shape index (κ1) is 17.0. The molecule has 0 unspecified atom stereocenters. The van der Waals surface area contributed by atoms with Crippen LogP contribution < -0.4 is 34.9 Å². The van der Waals surface area contributed by atoms with Crippen LogP contribution in [0.15, 0.2) is 71.6 Å². The van der Waals surface area contributed by atoms with E-state index >= 15 is 0 Å². The third-order valence-electron chi connectivity index (χ3n) is 3.16. The van der Waals surface area contributed by atoms with Crippen LogP contribution in [0.5, 0.6) is 0 Å². The second-order valence-corrected chi connectivity index (χ2v) is 6.05. The van der Waals surface area contributed by atoms with Crippen molar-refractivity contribution in [3.63, 3.8) is 0 Å². The Kier molecular flexibility index (Phi) is 5.26. The summed E-state index contributed by atoms with van der Waals surface area (Å²) >= 11 is 0. The van der Waals surface area contributed by atoms with Gasteiger partial charge in [-0.25, -0.2) is 8.42 Å². The SMILES string of the molecule is O=S(=O)([O-])c1ccc2ccc(Nc3ccccc3)cc2c1.[Na+]. The normalized spacial score (nSPS) is 11.0. The van der Waals surface area contributed by atoms with Crippen molar-refractivity contribution in [2.45, 2.75) is 4.90 Å². The first-order valence-corrected chi connectivity index (χ1v) is 7.75. The van der Waals surface area contributed by atoms with Crippen LogP contribution in [0.3, 0.4) is 0 Å². The monoisotopic (exact) mass is 321 g/mol. The average molecular weight is 321 g/mol. The molecule has 0 aliphatic carbocycles. The number of hydrogen-bond donors (Lipinski definition) is 1. The standard InChI is InChI=1S/C16H13NO3S.Na/c18-21(19,20)16-9-7-12-6-8-15(10-13(12)11-16)17-14-4-2-1-3-5-14;/h1-11,17H,(H,18,19,20);/q;+1/p-1. The van der Waals surface area contributed by atoms with Gasteiger partial charge in [-0.1, -0.05) is 30.3 Å². The number of benzene rings is 3. The maximum absolute atomic E-state index is 11.1. The molecule has 0 fully saturated rings. The molecule has 0 saturated carbocycles. The summed E-state index contributed by atoms with van der Waals surface area (Å²) in [5.74, 6) is 0. The van der Waals surface area contributed by atoms with Gasteiger partial charge in [0.05, 0.1) is 4.90 Å². The minimum absolute atomic E-state index is 0. The van der Waals surface area contributed by atoms with Crippen molar-refractivity contribution in [2.24, 2.45) is 0 Å². The third kappa shape index (κ3) is 3.88. The van der Waals surface area contributed by atoms with E-state index in [1.54, 1.807) is 6.07 Å². The third-order valence-corrected chi connectivity index (χ3v) is 3.99. The van der Waals surface area contributed by atoms with Crippen LogP contribution in [-0.4, -0.2) is 13.0 Å². The van der Waals surface area contributed by atoms with Crippen molar-refractivity contribution in [1.82, 2.24) is 0 Å². The molecule has 106 valence electrons. The van der Waals surface area contributed by atoms with Gasteiger partial charge >= 0.3 is 29.6 Å². The molecule has 0 aromatic heterocycles. The molecule has 0 heterocycles. The molecular formula is C16H12NNaO3S. The second-order valence-electron chi connectivity index (χ2n) is 4.67. The fourth-order valence-electron chi connectivity index (χ4n) is 2.15. The topological polar surface area (TPSA) is 69.2 Å². The van der Waals surface area contributed by atoms with Crippen LogP contribution in [0.4, 0.5) is 11.4 Å². The Morgan fingerprint density at radius 1 is 0.773 bits per heavy atom. The van der Waals surface area contributed by atoms with Gasteiger partial charge in [0.25, 0.3) is 0 Å². The van der Waals surface area contributed by atoms with E-state index in [0.717, 1.165) is 16.8 Å². The fraction of sp³-hybridized carbons (Fsp3) is 0. The molecule has 0 amide bonds. The van der Waals surface area contributed by atoms with Gasteiger partial charge in [-0.2, -0.15) is 0 Å². The molecule has 0 aliphatic heterocycles. The minimum atomic E-state index is -4.44. The Morgan fingerprint density at radius 3 is 2.14 bits per heavy atom. The van der Waals surface area contributed by atoms with Crippen molar-refractivity contribution >= 4 is 32.3 Å². The zero-order chi connectivity index (χ0) is 14.9. The number of rotatable bonds is 3. The van der Waals surface area contributed by atoms with Crippen molar-refractivity contribution < 1.29 is 42.5 Å². The molecule has 3 aromatic carbocycles. The van der Waals surface area contributed by atoms with Gasteiger partial charge in [-0.05, 0) is 47.2 Å². The molecule has 0 saturated heterocycles. The Hall–Kier alpha value is -1.37. The molecule has 0 spiro atoms. The smallest absolute Gasteiger partial charge is 0.744 e. The molecule has 6 heteroatoms. The molecule has 4 nitrogen and oxygen atoms in total. The van der Waals surface area contributed by atoms with Gasteiger partial charge in [0.15, 0.2) is 0 Å². The van der Waals surface area contributed by atoms with Crippen molar-refractivity contribution in [1.29, 1.82) is 0 Å². The maximum atomic E-state index is 11.1.